The molecule has 0 unspecified atom stereocenters. The molecular weight excluding hydrogens is 214 g/mol. The Balaban J connectivity index is 2.14. The number of aromatic nitrogens is 1. The summed E-state index contributed by atoms with van der Waals surface area (Å²) in [4.78, 5) is 4.44. The molecule has 0 fully saturated rings. The van der Waals surface area contributed by atoms with Crippen LogP contribution in [-0.2, 0) is 11.3 Å². The number of aryl methyl sites for hydroxylation is 2. The Morgan fingerprint density at radius 1 is 1.12 bits per heavy atom. The van der Waals surface area contributed by atoms with E-state index in [2.05, 4.69) is 34.7 Å². The highest BCUT2D eigenvalue weighted by Crippen LogP contribution is 2.05. The van der Waals surface area contributed by atoms with Gasteiger partial charge in [-0.05, 0) is 25.5 Å². The molecule has 96 valence electrons. The SMILES string of the molecule is COCCNCCNCc1ccc(C)nc1C. The smallest absolute Gasteiger partial charge is 0.0587 e. The molecule has 0 saturated carbocycles. The van der Waals surface area contributed by atoms with Gasteiger partial charge in [-0.25, -0.2) is 0 Å². The molecule has 0 amide bonds. The van der Waals surface area contributed by atoms with Crippen molar-refractivity contribution in [2.45, 2.75) is 20.4 Å². The lowest BCUT2D eigenvalue weighted by Crippen LogP contribution is -2.29. The molecule has 1 heterocycles. The van der Waals surface area contributed by atoms with Gasteiger partial charge in [0.15, 0.2) is 0 Å². The highest BCUT2D eigenvalue weighted by atomic mass is 16.5. The summed E-state index contributed by atoms with van der Waals surface area (Å²) >= 11 is 0. The standard InChI is InChI=1S/C13H23N3O/c1-11-4-5-13(12(2)16-11)10-15-7-6-14-8-9-17-3/h4-5,14-15H,6-10H2,1-3H3. The molecule has 0 aliphatic heterocycles. The van der Waals surface area contributed by atoms with Gasteiger partial charge in [-0.15, -0.1) is 0 Å². The van der Waals surface area contributed by atoms with Crippen molar-refractivity contribution in [3.8, 4) is 0 Å². The summed E-state index contributed by atoms with van der Waals surface area (Å²) in [5, 5.41) is 6.69. The highest BCUT2D eigenvalue weighted by Gasteiger charge is 1.98. The first-order chi connectivity index (χ1) is 8.24. The average Bonchev–Trinajstić information content (AvgIpc) is 2.30. The third-order valence-corrected chi connectivity index (χ3v) is 2.61. The fourth-order valence-corrected chi connectivity index (χ4v) is 1.60. The highest BCUT2D eigenvalue weighted by molar-refractivity contribution is 5.21. The number of ether oxygens (including phenoxy) is 1. The van der Waals surface area contributed by atoms with E-state index in [0.29, 0.717) is 0 Å². The quantitative estimate of drug-likeness (QED) is 0.663. The second-order valence-corrected chi connectivity index (χ2v) is 4.12. The first-order valence-corrected chi connectivity index (χ1v) is 6.07. The zero-order valence-corrected chi connectivity index (χ0v) is 11.0. The Hall–Kier alpha value is -0.970. The second kappa shape index (κ2) is 8.17. The van der Waals surface area contributed by atoms with Crippen LogP contribution in [0.25, 0.3) is 0 Å². The third kappa shape index (κ3) is 5.77. The lowest BCUT2D eigenvalue weighted by atomic mass is 10.2. The van der Waals surface area contributed by atoms with Crippen molar-refractivity contribution in [3.05, 3.63) is 29.1 Å². The fourth-order valence-electron chi connectivity index (χ4n) is 1.60. The molecule has 0 aliphatic rings. The zero-order chi connectivity index (χ0) is 12.5. The summed E-state index contributed by atoms with van der Waals surface area (Å²) in [7, 11) is 1.72. The van der Waals surface area contributed by atoms with E-state index in [9.17, 15) is 0 Å². The van der Waals surface area contributed by atoms with E-state index in [1.165, 1.54) is 5.56 Å². The Kier molecular flexibility index (Phi) is 6.77. The van der Waals surface area contributed by atoms with Gasteiger partial charge >= 0.3 is 0 Å². The van der Waals surface area contributed by atoms with Gasteiger partial charge in [-0.3, -0.25) is 4.98 Å². The maximum atomic E-state index is 4.95. The van der Waals surface area contributed by atoms with Crippen LogP contribution >= 0.6 is 0 Å². The molecule has 1 aromatic heterocycles. The first-order valence-electron chi connectivity index (χ1n) is 6.07. The van der Waals surface area contributed by atoms with Gasteiger partial charge in [-0.2, -0.15) is 0 Å². The third-order valence-electron chi connectivity index (χ3n) is 2.61. The Labute approximate surface area is 104 Å². The number of hydrogen-bond donors (Lipinski definition) is 2. The van der Waals surface area contributed by atoms with Gasteiger partial charge in [0.05, 0.1) is 6.61 Å². The molecule has 0 aromatic carbocycles. The number of pyridine rings is 1. The average molecular weight is 237 g/mol. The lowest BCUT2D eigenvalue weighted by molar-refractivity contribution is 0.199. The molecular formula is C13H23N3O. The van der Waals surface area contributed by atoms with Crippen molar-refractivity contribution in [1.82, 2.24) is 15.6 Å². The van der Waals surface area contributed by atoms with Gasteiger partial charge in [0.1, 0.15) is 0 Å². The maximum Gasteiger partial charge on any atom is 0.0587 e. The normalized spacial score (nSPS) is 10.8. The molecule has 1 rings (SSSR count). The minimum Gasteiger partial charge on any atom is -0.383 e. The van der Waals surface area contributed by atoms with Crippen molar-refractivity contribution in [2.24, 2.45) is 0 Å². The van der Waals surface area contributed by atoms with Gasteiger partial charge in [0, 0.05) is 44.7 Å². The molecule has 0 spiro atoms. The van der Waals surface area contributed by atoms with E-state index in [4.69, 9.17) is 4.74 Å². The molecule has 0 saturated heterocycles. The summed E-state index contributed by atoms with van der Waals surface area (Å²) in [5.74, 6) is 0. The van der Waals surface area contributed by atoms with Crippen LogP contribution in [0.4, 0.5) is 0 Å². The maximum absolute atomic E-state index is 4.95. The topological polar surface area (TPSA) is 46.2 Å². The van der Waals surface area contributed by atoms with Crippen LogP contribution < -0.4 is 10.6 Å². The van der Waals surface area contributed by atoms with Crippen molar-refractivity contribution in [2.75, 3.05) is 33.4 Å². The number of nitrogens with zero attached hydrogens (tertiary/aromatic N) is 1. The minimum atomic E-state index is 0.765. The van der Waals surface area contributed by atoms with E-state index in [-0.39, 0.29) is 0 Å². The Bertz CT molecular complexity index is 328. The summed E-state index contributed by atoms with van der Waals surface area (Å²) in [5.41, 5.74) is 3.46. The van der Waals surface area contributed by atoms with Crippen molar-refractivity contribution in [1.29, 1.82) is 0 Å². The van der Waals surface area contributed by atoms with Crippen LogP contribution in [0.3, 0.4) is 0 Å². The molecule has 1 aromatic rings. The van der Waals surface area contributed by atoms with E-state index < -0.39 is 0 Å². The summed E-state index contributed by atoms with van der Waals surface area (Å²) in [6.45, 7) is 8.54. The van der Waals surface area contributed by atoms with Crippen LogP contribution in [0.1, 0.15) is 17.0 Å². The van der Waals surface area contributed by atoms with Gasteiger partial charge in [0.2, 0.25) is 0 Å². The number of hydrogen-bond acceptors (Lipinski definition) is 4. The van der Waals surface area contributed by atoms with Gasteiger partial charge in [0.25, 0.3) is 0 Å². The van der Waals surface area contributed by atoms with Crippen molar-refractivity contribution < 1.29 is 4.74 Å². The number of methoxy groups -OCH3 is 1. The lowest BCUT2D eigenvalue weighted by Gasteiger charge is -2.08. The van der Waals surface area contributed by atoms with Crippen LogP contribution in [0.5, 0.6) is 0 Å². The van der Waals surface area contributed by atoms with Crippen LogP contribution in [-0.4, -0.2) is 38.3 Å². The van der Waals surface area contributed by atoms with Crippen LogP contribution in [0.15, 0.2) is 12.1 Å². The first kappa shape index (κ1) is 14.1. The zero-order valence-electron chi connectivity index (χ0n) is 11.0. The van der Waals surface area contributed by atoms with E-state index >= 15 is 0 Å². The molecule has 4 heteroatoms. The molecule has 0 atom stereocenters. The summed E-state index contributed by atoms with van der Waals surface area (Å²) in [6.07, 6.45) is 0. The minimum absolute atomic E-state index is 0.765. The number of rotatable bonds is 8. The molecule has 2 N–H and O–H groups in total. The fraction of sp³-hybridized carbons (Fsp3) is 0.615. The van der Waals surface area contributed by atoms with Crippen LogP contribution in [0, 0.1) is 13.8 Å². The molecule has 0 aliphatic carbocycles. The summed E-state index contributed by atoms with van der Waals surface area (Å²) in [6, 6.07) is 4.20. The Morgan fingerprint density at radius 2 is 1.88 bits per heavy atom. The van der Waals surface area contributed by atoms with Crippen molar-refractivity contribution in [3.63, 3.8) is 0 Å². The van der Waals surface area contributed by atoms with E-state index in [0.717, 1.165) is 44.2 Å². The monoisotopic (exact) mass is 237 g/mol. The largest absolute Gasteiger partial charge is 0.383 e. The van der Waals surface area contributed by atoms with Gasteiger partial charge in [-0.1, -0.05) is 6.07 Å². The van der Waals surface area contributed by atoms with E-state index in [1.54, 1.807) is 7.11 Å². The van der Waals surface area contributed by atoms with E-state index in [1.807, 2.05) is 6.92 Å². The molecule has 4 nitrogen and oxygen atoms in total. The summed E-state index contributed by atoms with van der Waals surface area (Å²) < 4.78 is 4.95. The second-order valence-electron chi connectivity index (χ2n) is 4.12. The predicted octanol–water partition coefficient (Wildman–Crippen LogP) is 1.02. The Morgan fingerprint density at radius 3 is 2.59 bits per heavy atom. The van der Waals surface area contributed by atoms with Crippen molar-refractivity contribution >= 4 is 0 Å². The predicted molar refractivity (Wildman–Crippen MR) is 70.2 cm³/mol. The molecule has 0 radical (unpaired) electrons. The van der Waals surface area contributed by atoms with Crippen LogP contribution in [0.2, 0.25) is 0 Å². The molecule has 17 heavy (non-hydrogen) atoms. The van der Waals surface area contributed by atoms with Gasteiger partial charge < -0.3 is 15.4 Å². The molecule has 0 bridgehead atoms. The number of nitrogens with one attached hydrogen (secondary N) is 2.